The highest BCUT2D eigenvalue weighted by Crippen LogP contribution is 2.34. The second kappa shape index (κ2) is 8.69. The zero-order chi connectivity index (χ0) is 20.9. The van der Waals surface area contributed by atoms with Crippen molar-refractivity contribution in [2.45, 2.75) is 31.1 Å². The number of rotatable bonds is 9. The molecule has 28 heavy (non-hydrogen) atoms. The minimum atomic E-state index is -4.67. The van der Waals surface area contributed by atoms with Gasteiger partial charge in [-0.15, -0.1) is 0 Å². The van der Waals surface area contributed by atoms with Crippen LogP contribution in [-0.2, 0) is 14.5 Å². The third-order valence-corrected chi connectivity index (χ3v) is 5.82. The Kier molecular flexibility index (Phi) is 6.77. The zero-order valence-corrected chi connectivity index (χ0v) is 15.5. The Morgan fingerprint density at radius 3 is 2.50 bits per heavy atom. The molecule has 2 unspecified atom stereocenters. The lowest BCUT2D eigenvalue weighted by atomic mass is 10.2. The molecule has 0 saturated heterocycles. The van der Waals surface area contributed by atoms with Gasteiger partial charge in [-0.2, -0.15) is 18.3 Å². The predicted octanol–water partition coefficient (Wildman–Crippen LogP) is 2.29. The van der Waals surface area contributed by atoms with Crippen molar-refractivity contribution in [3.05, 3.63) is 36.7 Å². The van der Waals surface area contributed by atoms with Gasteiger partial charge in [-0.3, -0.25) is 19.2 Å². The van der Waals surface area contributed by atoms with E-state index in [-0.39, 0.29) is 17.9 Å². The number of hydrogen-bond acceptors (Lipinski definition) is 6. The largest absolute Gasteiger partial charge is 0.480 e. The summed E-state index contributed by atoms with van der Waals surface area (Å²) in [6.07, 6.45) is -2.89. The fourth-order valence-electron chi connectivity index (χ4n) is 2.45. The molecule has 0 saturated carbocycles. The molecule has 154 valence electrons. The van der Waals surface area contributed by atoms with Crippen LogP contribution >= 0.6 is 0 Å². The summed E-state index contributed by atoms with van der Waals surface area (Å²) < 4.78 is 61.1. The van der Waals surface area contributed by atoms with Gasteiger partial charge in [0, 0.05) is 33.6 Å². The van der Waals surface area contributed by atoms with E-state index in [4.69, 9.17) is 15.6 Å². The standard InChI is InChI=1S/C16H20F3N5O3S/c17-16(18,19)14(6-10-28(21,27)9-5-11(20)15(25)26)24-8-4-13(23-24)12-3-1-2-7-22-12/h1-4,7-8,11,14,21H,5-6,9-10,20H2,(H,25,26)/t11-,14?,28?/m0/s1. The normalized spacial score (nSPS) is 16.3. The van der Waals surface area contributed by atoms with Gasteiger partial charge in [-0.05, 0) is 31.0 Å². The van der Waals surface area contributed by atoms with Crippen molar-refractivity contribution in [1.29, 1.82) is 4.78 Å². The molecule has 0 aliphatic heterocycles. The maximum absolute atomic E-state index is 13.5. The summed E-state index contributed by atoms with van der Waals surface area (Å²) in [7, 11) is -3.42. The fourth-order valence-corrected chi connectivity index (χ4v) is 3.90. The van der Waals surface area contributed by atoms with Crippen LogP contribution in [-0.4, -0.2) is 53.8 Å². The van der Waals surface area contributed by atoms with Crippen LogP contribution < -0.4 is 5.73 Å². The summed E-state index contributed by atoms with van der Waals surface area (Å²) in [5.74, 6) is -2.26. The average molecular weight is 419 g/mol. The lowest BCUT2D eigenvalue weighted by Gasteiger charge is -2.21. The molecule has 0 aliphatic carbocycles. The van der Waals surface area contributed by atoms with E-state index in [1.54, 1.807) is 18.2 Å². The maximum atomic E-state index is 13.5. The Bertz CT molecular complexity index is 900. The zero-order valence-electron chi connectivity index (χ0n) is 14.7. The number of carboxylic acid groups (broad SMARTS) is 1. The average Bonchev–Trinajstić information content (AvgIpc) is 3.09. The molecule has 8 nitrogen and oxygen atoms in total. The summed E-state index contributed by atoms with van der Waals surface area (Å²) in [6, 6.07) is 2.98. The number of nitrogens with two attached hydrogens (primary N) is 1. The van der Waals surface area contributed by atoms with Gasteiger partial charge in [0.2, 0.25) is 0 Å². The number of aromatic nitrogens is 3. The number of halogens is 3. The van der Waals surface area contributed by atoms with E-state index >= 15 is 0 Å². The summed E-state index contributed by atoms with van der Waals surface area (Å²) >= 11 is 0. The number of aliphatic carboxylic acids is 1. The molecule has 0 bridgehead atoms. The first kappa shape index (κ1) is 21.8. The highest BCUT2D eigenvalue weighted by molar-refractivity contribution is 7.92. The number of hydrogen-bond donors (Lipinski definition) is 3. The van der Waals surface area contributed by atoms with E-state index in [2.05, 4.69) is 10.1 Å². The Balaban J connectivity index is 2.11. The van der Waals surface area contributed by atoms with Crippen molar-refractivity contribution in [3.8, 4) is 11.4 Å². The van der Waals surface area contributed by atoms with Gasteiger partial charge in [0.15, 0.2) is 0 Å². The third kappa shape index (κ3) is 6.02. The summed E-state index contributed by atoms with van der Waals surface area (Å²) in [5, 5.41) is 12.6. The molecule has 2 aromatic rings. The molecule has 4 N–H and O–H groups in total. The minimum absolute atomic E-state index is 0.250. The van der Waals surface area contributed by atoms with Crippen LogP contribution in [0.3, 0.4) is 0 Å². The Morgan fingerprint density at radius 1 is 1.25 bits per heavy atom. The SMILES string of the molecule is N=S(=O)(CCC(n1ccc(-c2ccccn2)n1)C(F)(F)F)CC[C@H](N)C(=O)O. The Hall–Kier alpha value is -2.47. The molecule has 0 radical (unpaired) electrons. The number of nitrogens with one attached hydrogen (secondary N) is 1. The lowest BCUT2D eigenvalue weighted by Crippen LogP contribution is -2.33. The van der Waals surface area contributed by atoms with Crippen LogP contribution in [0.25, 0.3) is 11.4 Å². The quantitative estimate of drug-likeness (QED) is 0.571. The number of carbonyl (C=O) groups is 1. The lowest BCUT2D eigenvalue weighted by molar-refractivity contribution is -0.170. The summed E-state index contributed by atoms with van der Waals surface area (Å²) in [6.45, 7) is 0. The van der Waals surface area contributed by atoms with E-state index in [1.165, 1.54) is 12.3 Å². The van der Waals surface area contributed by atoms with Gasteiger partial charge in [-0.1, -0.05) is 6.07 Å². The van der Waals surface area contributed by atoms with Crippen LogP contribution in [0.4, 0.5) is 13.2 Å². The van der Waals surface area contributed by atoms with E-state index < -0.39 is 46.1 Å². The molecular weight excluding hydrogens is 399 g/mol. The molecule has 0 aromatic carbocycles. The second-order valence-electron chi connectivity index (χ2n) is 6.20. The van der Waals surface area contributed by atoms with E-state index in [0.29, 0.717) is 5.69 Å². The van der Waals surface area contributed by atoms with Crippen molar-refractivity contribution < 1.29 is 27.3 Å². The summed E-state index contributed by atoms with van der Waals surface area (Å²) in [4.78, 5) is 14.7. The molecule has 0 fully saturated rings. The Morgan fingerprint density at radius 2 is 1.93 bits per heavy atom. The maximum Gasteiger partial charge on any atom is 0.410 e. The molecule has 2 heterocycles. The van der Waals surface area contributed by atoms with Crippen molar-refractivity contribution in [3.63, 3.8) is 0 Å². The van der Waals surface area contributed by atoms with E-state index in [9.17, 15) is 22.2 Å². The van der Waals surface area contributed by atoms with Crippen molar-refractivity contribution in [2.24, 2.45) is 5.73 Å². The molecule has 0 aliphatic rings. The van der Waals surface area contributed by atoms with Crippen molar-refractivity contribution in [1.82, 2.24) is 14.8 Å². The van der Waals surface area contributed by atoms with Crippen LogP contribution in [0, 0.1) is 4.78 Å². The number of alkyl halides is 3. The monoisotopic (exact) mass is 419 g/mol. The molecule has 2 rings (SSSR count). The first-order valence-electron chi connectivity index (χ1n) is 8.25. The van der Waals surface area contributed by atoms with E-state index in [1.807, 2.05) is 0 Å². The first-order valence-corrected chi connectivity index (χ1v) is 10.1. The fraction of sp³-hybridized carbons (Fsp3) is 0.438. The third-order valence-electron chi connectivity index (χ3n) is 4.03. The summed E-state index contributed by atoms with van der Waals surface area (Å²) in [5.41, 5.74) is 5.96. The minimum Gasteiger partial charge on any atom is -0.480 e. The predicted molar refractivity (Wildman–Crippen MR) is 96.0 cm³/mol. The van der Waals surface area contributed by atoms with Crippen LogP contribution in [0.15, 0.2) is 36.7 Å². The van der Waals surface area contributed by atoms with E-state index in [0.717, 1.165) is 10.9 Å². The molecule has 3 atom stereocenters. The number of pyridine rings is 1. The van der Waals surface area contributed by atoms with Crippen molar-refractivity contribution >= 4 is 15.7 Å². The van der Waals surface area contributed by atoms with Gasteiger partial charge in [-0.25, -0.2) is 4.21 Å². The van der Waals surface area contributed by atoms with Crippen LogP contribution in [0.5, 0.6) is 0 Å². The second-order valence-corrected chi connectivity index (χ2v) is 8.64. The van der Waals surface area contributed by atoms with Gasteiger partial charge >= 0.3 is 12.1 Å². The van der Waals surface area contributed by atoms with Crippen molar-refractivity contribution in [2.75, 3.05) is 11.5 Å². The van der Waals surface area contributed by atoms with Gasteiger partial charge < -0.3 is 10.8 Å². The van der Waals surface area contributed by atoms with Gasteiger partial charge in [0.25, 0.3) is 0 Å². The molecule has 0 amide bonds. The molecule has 0 spiro atoms. The molecule has 12 heteroatoms. The highest BCUT2D eigenvalue weighted by Gasteiger charge is 2.42. The van der Waals surface area contributed by atoms with Gasteiger partial charge in [0.05, 0.1) is 5.69 Å². The first-order chi connectivity index (χ1) is 13.0. The van der Waals surface area contributed by atoms with Gasteiger partial charge in [0.1, 0.15) is 17.8 Å². The highest BCUT2D eigenvalue weighted by atomic mass is 32.2. The van der Waals surface area contributed by atoms with Crippen LogP contribution in [0.1, 0.15) is 18.9 Å². The number of carboxylic acids is 1. The van der Waals surface area contributed by atoms with Crippen LogP contribution in [0.2, 0.25) is 0 Å². The Labute approximate surface area is 159 Å². The number of nitrogens with zero attached hydrogens (tertiary/aromatic N) is 3. The molecule has 2 aromatic heterocycles. The smallest absolute Gasteiger partial charge is 0.410 e. The topological polar surface area (TPSA) is 135 Å². The molecular formula is C16H20F3N5O3S.